The van der Waals surface area contributed by atoms with Gasteiger partial charge in [-0.05, 0) is 0 Å². The van der Waals surface area contributed by atoms with Crippen molar-refractivity contribution in [1.29, 1.82) is 0 Å². The van der Waals surface area contributed by atoms with Crippen molar-refractivity contribution in [3.63, 3.8) is 0 Å². The third kappa shape index (κ3) is 10.9. The Bertz CT molecular complexity index is 37.1. The summed E-state index contributed by atoms with van der Waals surface area (Å²) >= 11 is 0. The number of rotatable bonds is 3. The molecular weight excluding hydrogens is 233 g/mol. The first-order valence-electron chi connectivity index (χ1n) is 2.26. The second-order valence-corrected chi connectivity index (χ2v) is 1.25. The maximum absolute atomic E-state index is 9.44. The fourth-order valence-corrected chi connectivity index (χ4v) is 0.249. The van der Waals surface area contributed by atoms with Crippen LogP contribution in [0.15, 0.2) is 0 Å². The molecule has 0 aromatic heterocycles. The smallest absolute Gasteiger partial charge is 0 e. The van der Waals surface area contributed by atoms with Crippen molar-refractivity contribution in [3.05, 3.63) is 0 Å². The maximum Gasteiger partial charge on any atom is 0 e. The number of hydrogen-bond donors (Lipinski definition) is 0. The van der Waals surface area contributed by atoms with E-state index >= 15 is 0 Å². The Balaban J connectivity index is 0. The van der Waals surface area contributed by atoms with Crippen molar-refractivity contribution >= 4 is 6.29 Å². The Hall–Kier alpha value is 0.995. The van der Waals surface area contributed by atoms with E-state index in [1.807, 2.05) is 6.29 Å². The Labute approximate surface area is 76.5 Å². The normalized spacial score (nSPS) is 7.00. The third-order valence-corrected chi connectivity index (χ3v) is 0.632. The molecular formula is C5H9GdO-. The third-order valence-electron chi connectivity index (χ3n) is 0.632. The van der Waals surface area contributed by atoms with Crippen LogP contribution < -0.4 is 0 Å². The molecule has 0 aromatic rings. The summed E-state index contributed by atoms with van der Waals surface area (Å²) in [5.74, 6) is 0. The second kappa shape index (κ2) is 10.1. The Kier molecular flexibility index (Phi) is 15.7. The van der Waals surface area contributed by atoms with Gasteiger partial charge in [0.1, 0.15) is 0 Å². The van der Waals surface area contributed by atoms with Gasteiger partial charge in [-0.3, -0.25) is 6.29 Å². The summed E-state index contributed by atoms with van der Waals surface area (Å²) in [5, 5.41) is 0. The average molecular weight is 242 g/mol. The predicted molar refractivity (Wildman–Crippen MR) is 25.2 cm³/mol. The van der Waals surface area contributed by atoms with Crippen LogP contribution in [0, 0.1) is 39.9 Å². The SMILES string of the molecule is CCCC[C-]=O.[Gd]. The van der Waals surface area contributed by atoms with Crippen molar-refractivity contribution in [1.82, 2.24) is 0 Å². The van der Waals surface area contributed by atoms with E-state index in [0.29, 0.717) is 6.42 Å². The molecule has 44 valence electrons. The van der Waals surface area contributed by atoms with Crippen molar-refractivity contribution in [3.8, 4) is 0 Å². The topological polar surface area (TPSA) is 17.1 Å². The molecule has 0 saturated carbocycles. The van der Waals surface area contributed by atoms with E-state index in [0.717, 1.165) is 12.8 Å². The van der Waals surface area contributed by atoms with Crippen LogP contribution in [0.25, 0.3) is 0 Å². The van der Waals surface area contributed by atoms with Gasteiger partial charge in [0.25, 0.3) is 0 Å². The van der Waals surface area contributed by atoms with Gasteiger partial charge in [-0.1, -0.05) is 19.8 Å². The van der Waals surface area contributed by atoms with Crippen LogP contribution in [0.1, 0.15) is 26.2 Å². The minimum Gasteiger partial charge on any atom is -0.542 e. The fourth-order valence-electron chi connectivity index (χ4n) is 0.249. The van der Waals surface area contributed by atoms with Crippen LogP contribution in [-0.2, 0) is 4.79 Å². The molecule has 0 unspecified atom stereocenters. The molecule has 7 heavy (non-hydrogen) atoms. The van der Waals surface area contributed by atoms with Crippen LogP contribution in [0.4, 0.5) is 0 Å². The summed E-state index contributed by atoms with van der Waals surface area (Å²) < 4.78 is 0. The van der Waals surface area contributed by atoms with Gasteiger partial charge in [0.15, 0.2) is 0 Å². The van der Waals surface area contributed by atoms with Crippen LogP contribution in [0.2, 0.25) is 0 Å². The molecule has 0 bridgehead atoms. The quantitative estimate of drug-likeness (QED) is 0.538. The summed E-state index contributed by atoms with van der Waals surface area (Å²) in [6.07, 6.45) is 4.51. The Morgan fingerprint density at radius 3 is 2.29 bits per heavy atom. The molecule has 0 aromatic carbocycles. The fraction of sp³-hybridized carbons (Fsp3) is 0.800. The molecule has 0 atom stereocenters. The molecule has 0 rings (SSSR count). The van der Waals surface area contributed by atoms with Gasteiger partial charge in [-0.2, -0.15) is 6.42 Å². The van der Waals surface area contributed by atoms with Crippen molar-refractivity contribution < 1.29 is 44.7 Å². The molecule has 2 heteroatoms. The number of carbonyl (C=O) groups excluding carboxylic acids is 1. The summed E-state index contributed by atoms with van der Waals surface area (Å²) in [5.41, 5.74) is 0. The standard InChI is InChI=1S/C5H9O.Gd/c1-2-3-4-5-6;/h2-4H2,1H3;/q-1;. The summed E-state index contributed by atoms with van der Waals surface area (Å²) in [4.78, 5) is 9.44. The van der Waals surface area contributed by atoms with E-state index < -0.39 is 0 Å². The molecule has 1 nitrogen and oxygen atoms in total. The minimum absolute atomic E-state index is 0. The summed E-state index contributed by atoms with van der Waals surface area (Å²) in [6.45, 7) is 2.05. The monoisotopic (exact) mass is 243 g/mol. The van der Waals surface area contributed by atoms with Crippen LogP contribution in [0.5, 0.6) is 0 Å². The molecule has 0 radical (unpaired) electrons. The van der Waals surface area contributed by atoms with Crippen molar-refractivity contribution in [2.24, 2.45) is 0 Å². The van der Waals surface area contributed by atoms with Crippen LogP contribution in [-0.4, -0.2) is 6.29 Å². The summed E-state index contributed by atoms with van der Waals surface area (Å²) in [7, 11) is 0. The molecule has 0 fully saturated rings. The van der Waals surface area contributed by atoms with Gasteiger partial charge < -0.3 is 4.79 Å². The zero-order valence-electron chi connectivity index (χ0n) is 4.38. The summed E-state index contributed by atoms with van der Waals surface area (Å²) in [6, 6.07) is 0. The largest absolute Gasteiger partial charge is 0.542 e. The number of hydrogen-bond acceptors (Lipinski definition) is 1. The first-order valence-corrected chi connectivity index (χ1v) is 2.26. The van der Waals surface area contributed by atoms with Gasteiger partial charge in [-0.25, -0.2) is 0 Å². The Morgan fingerprint density at radius 1 is 1.57 bits per heavy atom. The second-order valence-electron chi connectivity index (χ2n) is 1.25. The van der Waals surface area contributed by atoms with Crippen molar-refractivity contribution in [2.75, 3.05) is 0 Å². The van der Waals surface area contributed by atoms with E-state index in [-0.39, 0.29) is 39.9 Å². The average Bonchev–Trinajstić information content (AvgIpc) is 1.61. The molecule has 0 amide bonds. The van der Waals surface area contributed by atoms with E-state index in [9.17, 15) is 4.79 Å². The van der Waals surface area contributed by atoms with Gasteiger partial charge in [0, 0.05) is 39.9 Å². The van der Waals surface area contributed by atoms with Gasteiger partial charge >= 0.3 is 0 Å². The predicted octanol–water partition coefficient (Wildman–Crippen LogP) is 1.29. The molecule has 0 aliphatic carbocycles. The molecule has 0 aliphatic heterocycles. The van der Waals surface area contributed by atoms with E-state index in [1.54, 1.807) is 0 Å². The molecule has 0 N–H and O–H groups in total. The molecule has 0 spiro atoms. The molecule has 0 aliphatic rings. The van der Waals surface area contributed by atoms with Gasteiger partial charge in [-0.15, -0.1) is 0 Å². The Morgan fingerprint density at radius 2 is 2.14 bits per heavy atom. The molecule has 0 heterocycles. The maximum atomic E-state index is 9.44. The van der Waals surface area contributed by atoms with Crippen LogP contribution >= 0.6 is 0 Å². The molecule has 0 saturated heterocycles. The van der Waals surface area contributed by atoms with Crippen molar-refractivity contribution in [2.45, 2.75) is 26.2 Å². The minimum atomic E-state index is 0. The zero-order chi connectivity index (χ0) is 4.83. The zero-order valence-corrected chi connectivity index (χ0v) is 6.65. The van der Waals surface area contributed by atoms with Gasteiger partial charge in [0.05, 0.1) is 0 Å². The van der Waals surface area contributed by atoms with Crippen LogP contribution in [0.3, 0.4) is 0 Å². The van der Waals surface area contributed by atoms with E-state index in [1.165, 1.54) is 0 Å². The van der Waals surface area contributed by atoms with E-state index in [2.05, 4.69) is 6.92 Å². The van der Waals surface area contributed by atoms with Gasteiger partial charge in [0.2, 0.25) is 0 Å². The number of unbranched alkanes of at least 4 members (excludes halogenated alkanes) is 2. The first kappa shape index (κ1) is 10.9. The van der Waals surface area contributed by atoms with E-state index in [4.69, 9.17) is 0 Å². The first-order chi connectivity index (χ1) is 2.91.